The number of anilines is 2. The zero-order valence-electron chi connectivity index (χ0n) is 20.6. The summed E-state index contributed by atoms with van der Waals surface area (Å²) in [5.74, 6) is 1.13. The first-order valence-corrected chi connectivity index (χ1v) is 13.2. The Morgan fingerprint density at radius 3 is 2.80 bits per heavy atom. The molecule has 5 rings (SSSR count). The molecule has 1 saturated heterocycles. The first-order chi connectivity index (χ1) is 16.9. The Morgan fingerprint density at radius 1 is 1.31 bits per heavy atom. The van der Waals surface area contributed by atoms with Gasteiger partial charge in [-0.3, -0.25) is 14.5 Å². The molecule has 8 nitrogen and oxygen atoms in total. The quantitative estimate of drug-likeness (QED) is 0.543. The summed E-state index contributed by atoms with van der Waals surface area (Å²) in [5, 5.41) is 3.73. The SMILES string of the molecule is CC1CCc2c(sc3nc(C(C)N(C)CC(=O)Nc4ccc(N5CCOCC5)cc4)[nH]c(=O)c23)C1. The zero-order chi connectivity index (χ0) is 24.5. The second-order valence-electron chi connectivity index (χ2n) is 9.77. The average molecular weight is 496 g/mol. The van der Waals surface area contributed by atoms with Gasteiger partial charge in [-0.25, -0.2) is 4.98 Å². The first kappa shape index (κ1) is 24.0. The van der Waals surface area contributed by atoms with Crippen LogP contribution in [0.15, 0.2) is 29.1 Å². The van der Waals surface area contributed by atoms with Gasteiger partial charge in [0.05, 0.1) is 31.2 Å². The summed E-state index contributed by atoms with van der Waals surface area (Å²) in [6.45, 7) is 7.65. The number of aromatic nitrogens is 2. The van der Waals surface area contributed by atoms with Gasteiger partial charge in [0.1, 0.15) is 10.7 Å². The number of aryl methyl sites for hydroxylation is 1. The number of carbonyl (C=O) groups is 1. The highest BCUT2D eigenvalue weighted by Gasteiger charge is 2.25. The van der Waals surface area contributed by atoms with Crippen molar-refractivity contribution >= 4 is 38.8 Å². The van der Waals surface area contributed by atoms with E-state index in [0.29, 0.717) is 11.7 Å². The van der Waals surface area contributed by atoms with Gasteiger partial charge >= 0.3 is 0 Å². The second-order valence-corrected chi connectivity index (χ2v) is 10.9. The number of benzene rings is 1. The molecular formula is C26H33N5O3S. The number of hydrogen-bond donors (Lipinski definition) is 2. The van der Waals surface area contributed by atoms with Gasteiger partial charge in [0.25, 0.3) is 5.56 Å². The first-order valence-electron chi connectivity index (χ1n) is 12.4. The van der Waals surface area contributed by atoms with E-state index in [0.717, 1.165) is 67.2 Å². The van der Waals surface area contributed by atoms with E-state index in [1.54, 1.807) is 11.3 Å². The molecule has 2 atom stereocenters. The number of ether oxygens (including phenoxy) is 1. The van der Waals surface area contributed by atoms with E-state index < -0.39 is 0 Å². The fourth-order valence-corrected chi connectivity index (χ4v) is 6.30. The molecule has 1 amide bonds. The molecule has 9 heteroatoms. The summed E-state index contributed by atoms with van der Waals surface area (Å²) in [5.41, 5.74) is 3.01. The van der Waals surface area contributed by atoms with E-state index in [2.05, 4.69) is 22.1 Å². The molecule has 0 bridgehead atoms. The Bertz CT molecular complexity index is 1260. The molecule has 186 valence electrons. The minimum Gasteiger partial charge on any atom is -0.378 e. The Morgan fingerprint density at radius 2 is 2.06 bits per heavy atom. The molecule has 1 fully saturated rings. The van der Waals surface area contributed by atoms with E-state index in [9.17, 15) is 9.59 Å². The van der Waals surface area contributed by atoms with Gasteiger partial charge < -0.3 is 19.9 Å². The Hall–Kier alpha value is -2.75. The number of likely N-dealkylation sites (N-methyl/N-ethyl adjacent to an activating group) is 1. The maximum atomic E-state index is 12.9. The van der Waals surface area contributed by atoms with E-state index in [4.69, 9.17) is 9.72 Å². The third kappa shape index (κ3) is 5.12. The largest absolute Gasteiger partial charge is 0.378 e. The number of hydrogen-bond acceptors (Lipinski definition) is 7. The number of morpholine rings is 1. The molecule has 3 heterocycles. The molecule has 3 aromatic rings. The number of fused-ring (bicyclic) bond motifs is 3. The summed E-state index contributed by atoms with van der Waals surface area (Å²) in [6.07, 6.45) is 3.09. The number of thiophene rings is 1. The van der Waals surface area contributed by atoms with Crippen LogP contribution in [0.5, 0.6) is 0 Å². The number of amides is 1. The minimum absolute atomic E-state index is 0.0675. The van der Waals surface area contributed by atoms with Crippen LogP contribution in [0.4, 0.5) is 11.4 Å². The van der Waals surface area contributed by atoms with E-state index in [-0.39, 0.29) is 24.1 Å². The van der Waals surface area contributed by atoms with Crippen molar-refractivity contribution in [2.24, 2.45) is 5.92 Å². The van der Waals surface area contributed by atoms with E-state index >= 15 is 0 Å². The highest BCUT2D eigenvalue weighted by molar-refractivity contribution is 7.18. The van der Waals surface area contributed by atoms with Crippen LogP contribution in [0.25, 0.3) is 10.2 Å². The van der Waals surface area contributed by atoms with Crippen LogP contribution in [0.2, 0.25) is 0 Å². The molecule has 1 aromatic carbocycles. The number of nitrogens with one attached hydrogen (secondary N) is 2. The topological polar surface area (TPSA) is 90.6 Å². The summed E-state index contributed by atoms with van der Waals surface area (Å²) in [4.78, 5) is 39.8. The van der Waals surface area contributed by atoms with E-state index in [1.807, 2.05) is 43.1 Å². The van der Waals surface area contributed by atoms with Gasteiger partial charge in [0.15, 0.2) is 0 Å². The lowest BCUT2D eigenvalue weighted by Crippen LogP contribution is -2.36. The molecule has 0 radical (unpaired) electrons. The zero-order valence-corrected chi connectivity index (χ0v) is 21.4. The normalized spacial score (nSPS) is 19.1. The molecule has 2 N–H and O–H groups in total. The van der Waals surface area contributed by atoms with Crippen LogP contribution in [0.1, 0.15) is 42.6 Å². The summed E-state index contributed by atoms with van der Waals surface area (Å²) in [7, 11) is 1.87. The van der Waals surface area contributed by atoms with Gasteiger partial charge in [-0.2, -0.15) is 0 Å². The predicted octanol–water partition coefficient (Wildman–Crippen LogP) is 3.58. The van der Waals surface area contributed by atoms with Crippen LogP contribution < -0.4 is 15.8 Å². The van der Waals surface area contributed by atoms with Crippen molar-refractivity contribution in [3.05, 3.63) is 50.9 Å². The summed E-state index contributed by atoms with van der Waals surface area (Å²) >= 11 is 1.65. The fraction of sp³-hybridized carbons (Fsp3) is 0.500. The van der Waals surface area contributed by atoms with E-state index in [1.165, 1.54) is 10.4 Å². The Labute approximate surface area is 209 Å². The maximum Gasteiger partial charge on any atom is 0.259 e. The van der Waals surface area contributed by atoms with Crippen molar-refractivity contribution in [3.63, 3.8) is 0 Å². The van der Waals surface area contributed by atoms with Crippen LogP contribution in [0, 0.1) is 5.92 Å². The molecule has 2 unspecified atom stereocenters. The highest BCUT2D eigenvalue weighted by atomic mass is 32.1. The lowest BCUT2D eigenvalue weighted by atomic mass is 9.89. The van der Waals surface area contributed by atoms with Crippen molar-refractivity contribution in [2.45, 2.75) is 39.2 Å². The number of H-pyrrole nitrogens is 1. The monoisotopic (exact) mass is 495 g/mol. The van der Waals surface area contributed by atoms with Gasteiger partial charge in [0, 0.05) is 29.3 Å². The van der Waals surface area contributed by atoms with Gasteiger partial charge in [-0.1, -0.05) is 6.92 Å². The fourth-order valence-electron chi connectivity index (χ4n) is 4.91. The lowest BCUT2D eigenvalue weighted by Gasteiger charge is -2.29. The Balaban J connectivity index is 1.23. The number of rotatable bonds is 6. The summed E-state index contributed by atoms with van der Waals surface area (Å²) in [6, 6.07) is 7.70. The van der Waals surface area contributed by atoms with Gasteiger partial charge in [0.2, 0.25) is 5.91 Å². The molecule has 0 spiro atoms. The molecule has 2 aliphatic rings. The standard InChI is InChI=1S/C26H33N5O3S/c1-16-4-9-20-21(14-16)35-26-23(20)25(33)28-24(29-26)17(2)30(3)15-22(32)27-18-5-7-19(8-6-18)31-10-12-34-13-11-31/h5-8,16-17H,4,9-15H2,1-3H3,(H,27,32)(H,28,29,33). The molecule has 35 heavy (non-hydrogen) atoms. The molecule has 1 aliphatic carbocycles. The van der Waals surface area contributed by atoms with Crippen molar-refractivity contribution in [1.82, 2.24) is 14.9 Å². The lowest BCUT2D eigenvalue weighted by molar-refractivity contribution is -0.117. The number of nitrogens with zero attached hydrogens (tertiary/aromatic N) is 3. The van der Waals surface area contributed by atoms with Crippen LogP contribution in [0.3, 0.4) is 0 Å². The third-order valence-electron chi connectivity index (χ3n) is 7.16. The predicted molar refractivity (Wildman–Crippen MR) is 141 cm³/mol. The van der Waals surface area contributed by atoms with Gasteiger partial charge in [-0.05, 0) is 69.0 Å². The summed E-state index contributed by atoms with van der Waals surface area (Å²) < 4.78 is 5.41. The molecule has 0 saturated carbocycles. The second kappa shape index (κ2) is 10.1. The van der Waals surface area contributed by atoms with Crippen LogP contribution in [-0.2, 0) is 22.4 Å². The van der Waals surface area contributed by atoms with Crippen molar-refractivity contribution in [1.29, 1.82) is 0 Å². The van der Waals surface area contributed by atoms with Crippen LogP contribution in [-0.4, -0.2) is 60.7 Å². The van der Waals surface area contributed by atoms with Crippen LogP contribution >= 0.6 is 11.3 Å². The highest BCUT2D eigenvalue weighted by Crippen LogP contribution is 2.36. The molecule has 2 aromatic heterocycles. The number of carbonyl (C=O) groups excluding carboxylic acids is 1. The minimum atomic E-state index is -0.209. The molecule has 1 aliphatic heterocycles. The number of aromatic amines is 1. The van der Waals surface area contributed by atoms with Gasteiger partial charge in [-0.15, -0.1) is 11.3 Å². The Kier molecular flexibility index (Phi) is 6.91. The third-order valence-corrected chi connectivity index (χ3v) is 8.31. The van der Waals surface area contributed by atoms with Crippen molar-refractivity contribution in [2.75, 3.05) is 50.1 Å². The molecular weight excluding hydrogens is 462 g/mol. The van der Waals surface area contributed by atoms with Crippen molar-refractivity contribution in [3.8, 4) is 0 Å². The van der Waals surface area contributed by atoms with Crippen molar-refractivity contribution < 1.29 is 9.53 Å². The average Bonchev–Trinajstić information content (AvgIpc) is 3.22. The smallest absolute Gasteiger partial charge is 0.259 e. The maximum absolute atomic E-state index is 12.9.